The molecule has 0 radical (unpaired) electrons. The molecule has 0 saturated carbocycles. The third-order valence-electron chi connectivity index (χ3n) is 9.62. The molecular formula is C40H86N2O4. The first-order chi connectivity index (χ1) is 22.4. The standard InChI is InChI=1S/2C20H43NO2/c2*1-2-3-4-5-6-7-8-9-10-11-12-13-14-15-16-17-20(23)19(21)18-22/h2*19-20,22-23H,2-18,21H2,1H3/t2*19-,20+/m10/s1. The van der Waals surface area contributed by atoms with Crippen molar-refractivity contribution >= 4 is 0 Å². The fourth-order valence-corrected chi connectivity index (χ4v) is 6.12. The quantitative estimate of drug-likeness (QED) is 0.0371. The highest BCUT2D eigenvalue weighted by molar-refractivity contribution is 4.71. The van der Waals surface area contributed by atoms with Crippen molar-refractivity contribution < 1.29 is 20.4 Å². The van der Waals surface area contributed by atoms with Crippen LogP contribution in [-0.4, -0.2) is 57.9 Å². The van der Waals surface area contributed by atoms with Gasteiger partial charge in [-0.1, -0.05) is 206 Å². The van der Waals surface area contributed by atoms with E-state index in [1.807, 2.05) is 0 Å². The Kier molecular flexibility index (Phi) is 42.6. The second-order valence-electron chi connectivity index (χ2n) is 14.3. The molecule has 0 bridgehead atoms. The van der Waals surface area contributed by atoms with Crippen molar-refractivity contribution in [2.24, 2.45) is 11.5 Å². The Morgan fingerprint density at radius 1 is 0.326 bits per heavy atom. The first-order valence-electron chi connectivity index (χ1n) is 20.5. The molecule has 0 fully saturated rings. The van der Waals surface area contributed by atoms with E-state index in [1.54, 1.807) is 0 Å². The molecule has 4 atom stereocenters. The molecule has 6 heteroatoms. The number of rotatable bonds is 36. The van der Waals surface area contributed by atoms with Crippen molar-refractivity contribution in [2.45, 2.75) is 244 Å². The van der Waals surface area contributed by atoms with Crippen LogP contribution >= 0.6 is 0 Å². The molecule has 0 aliphatic heterocycles. The Labute approximate surface area is 288 Å². The lowest BCUT2D eigenvalue weighted by molar-refractivity contribution is 0.0986. The zero-order chi connectivity index (χ0) is 34.4. The van der Waals surface area contributed by atoms with E-state index in [1.165, 1.54) is 180 Å². The minimum Gasteiger partial charge on any atom is -0.395 e. The first kappa shape index (κ1) is 47.9. The Balaban J connectivity index is 0. The van der Waals surface area contributed by atoms with Gasteiger partial charge in [0.15, 0.2) is 0 Å². The minimum absolute atomic E-state index is 0.125. The molecule has 0 spiro atoms. The van der Waals surface area contributed by atoms with E-state index >= 15 is 0 Å². The summed E-state index contributed by atoms with van der Waals surface area (Å²) in [5.74, 6) is 0. The molecule has 0 aromatic carbocycles. The van der Waals surface area contributed by atoms with Crippen LogP contribution in [0.2, 0.25) is 0 Å². The van der Waals surface area contributed by atoms with Gasteiger partial charge in [0.2, 0.25) is 0 Å². The summed E-state index contributed by atoms with van der Waals surface area (Å²) in [6, 6.07) is -0.941. The summed E-state index contributed by atoms with van der Waals surface area (Å²) in [6.07, 6.45) is 40.9. The monoisotopic (exact) mass is 659 g/mol. The molecule has 46 heavy (non-hydrogen) atoms. The fraction of sp³-hybridized carbons (Fsp3) is 1.00. The van der Waals surface area contributed by atoms with Crippen LogP contribution in [0.4, 0.5) is 0 Å². The first-order valence-corrected chi connectivity index (χ1v) is 20.5. The van der Waals surface area contributed by atoms with Crippen molar-refractivity contribution in [1.29, 1.82) is 0 Å². The normalized spacial score (nSPS) is 14.1. The zero-order valence-corrected chi connectivity index (χ0v) is 31.3. The van der Waals surface area contributed by atoms with Crippen LogP contribution in [0.1, 0.15) is 219 Å². The van der Waals surface area contributed by atoms with Gasteiger partial charge in [0, 0.05) is 0 Å². The molecule has 0 aliphatic rings. The van der Waals surface area contributed by atoms with E-state index < -0.39 is 24.3 Å². The van der Waals surface area contributed by atoms with Crippen LogP contribution in [0.15, 0.2) is 0 Å². The van der Waals surface area contributed by atoms with Crippen LogP contribution in [0, 0.1) is 0 Å². The second kappa shape index (κ2) is 40.9. The van der Waals surface area contributed by atoms with Gasteiger partial charge in [0.05, 0.1) is 37.5 Å². The number of aliphatic hydroxyl groups excluding tert-OH is 4. The van der Waals surface area contributed by atoms with Crippen molar-refractivity contribution in [3.05, 3.63) is 0 Å². The summed E-state index contributed by atoms with van der Waals surface area (Å²) in [7, 11) is 0. The maximum absolute atomic E-state index is 9.64. The van der Waals surface area contributed by atoms with Gasteiger partial charge in [0.1, 0.15) is 0 Å². The van der Waals surface area contributed by atoms with Gasteiger partial charge in [-0.3, -0.25) is 0 Å². The Morgan fingerprint density at radius 2 is 0.500 bits per heavy atom. The Morgan fingerprint density at radius 3 is 0.674 bits per heavy atom. The van der Waals surface area contributed by atoms with E-state index in [0.29, 0.717) is 0 Å². The lowest BCUT2D eigenvalue weighted by Gasteiger charge is -2.15. The molecule has 0 aromatic heterocycles. The summed E-state index contributed by atoms with van der Waals surface area (Å²) in [5, 5.41) is 37.0. The van der Waals surface area contributed by atoms with Gasteiger partial charge >= 0.3 is 0 Å². The van der Waals surface area contributed by atoms with Gasteiger partial charge in [0.25, 0.3) is 0 Å². The summed E-state index contributed by atoms with van der Waals surface area (Å²) >= 11 is 0. The largest absolute Gasteiger partial charge is 0.395 e. The predicted octanol–water partition coefficient (Wildman–Crippen LogP) is 9.86. The molecule has 8 N–H and O–H groups in total. The lowest BCUT2D eigenvalue weighted by Crippen LogP contribution is -2.37. The van der Waals surface area contributed by atoms with Crippen molar-refractivity contribution in [3.63, 3.8) is 0 Å². The van der Waals surface area contributed by atoms with E-state index in [9.17, 15) is 10.2 Å². The van der Waals surface area contributed by atoms with Gasteiger partial charge < -0.3 is 31.9 Å². The number of hydrogen-bond acceptors (Lipinski definition) is 6. The molecule has 0 aromatic rings. The predicted molar refractivity (Wildman–Crippen MR) is 201 cm³/mol. The Bertz CT molecular complexity index is 493. The lowest BCUT2D eigenvalue weighted by atomic mass is 10.0. The molecule has 0 heterocycles. The van der Waals surface area contributed by atoms with Crippen LogP contribution in [0.3, 0.4) is 0 Å². The van der Waals surface area contributed by atoms with E-state index in [-0.39, 0.29) is 13.2 Å². The van der Waals surface area contributed by atoms with Crippen molar-refractivity contribution in [1.82, 2.24) is 0 Å². The summed E-state index contributed by atoms with van der Waals surface area (Å²) in [5.41, 5.74) is 11.2. The maximum atomic E-state index is 9.64. The average Bonchev–Trinajstić information content (AvgIpc) is 3.07. The maximum Gasteiger partial charge on any atom is 0.0713 e. The second-order valence-corrected chi connectivity index (χ2v) is 14.3. The van der Waals surface area contributed by atoms with E-state index in [4.69, 9.17) is 21.7 Å². The van der Waals surface area contributed by atoms with Crippen LogP contribution in [0.5, 0.6) is 0 Å². The summed E-state index contributed by atoms with van der Waals surface area (Å²) in [6.45, 7) is 4.30. The van der Waals surface area contributed by atoms with Gasteiger partial charge in [-0.05, 0) is 12.8 Å². The summed E-state index contributed by atoms with van der Waals surface area (Å²) in [4.78, 5) is 0. The Hall–Kier alpha value is -0.240. The van der Waals surface area contributed by atoms with E-state index in [2.05, 4.69) is 13.8 Å². The number of hydrogen-bond donors (Lipinski definition) is 6. The van der Waals surface area contributed by atoms with E-state index in [0.717, 1.165) is 25.7 Å². The highest BCUT2D eigenvalue weighted by atomic mass is 16.3. The van der Waals surface area contributed by atoms with Gasteiger partial charge in [-0.15, -0.1) is 0 Å². The van der Waals surface area contributed by atoms with Crippen LogP contribution in [-0.2, 0) is 0 Å². The molecule has 0 unspecified atom stereocenters. The van der Waals surface area contributed by atoms with Crippen molar-refractivity contribution in [3.8, 4) is 0 Å². The van der Waals surface area contributed by atoms with Gasteiger partial charge in [-0.2, -0.15) is 0 Å². The minimum atomic E-state index is -0.540. The SMILES string of the molecule is CCCCCCCCCCCCCCCCC[C@@H](O)[C@@H](N)CO.CCCCCCCCCCCCCCCCC[C@H](O)[C@H](N)CO. The molecule has 0 rings (SSSR count). The average molecular weight is 659 g/mol. The molecule has 0 amide bonds. The molecule has 280 valence electrons. The van der Waals surface area contributed by atoms with Crippen molar-refractivity contribution in [2.75, 3.05) is 13.2 Å². The highest BCUT2D eigenvalue weighted by Crippen LogP contribution is 2.16. The van der Waals surface area contributed by atoms with Gasteiger partial charge in [-0.25, -0.2) is 0 Å². The highest BCUT2D eigenvalue weighted by Gasteiger charge is 2.13. The molecular weight excluding hydrogens is 572 g/mol. The summed E-state index contributed by atoms with van der Waals surface area (Å²) < 4.78 is 0. The molecule has 6 nitrogen and oxygen atoms in total. The number of unbranched alkanes of at least 4 members (excludes halogenated alkanes) is 28. The number of aliphatic hydroxyl groups is 4. The third-order valence-corrected chi connectivity index (χ3v) is 9.62. The topological polar surface area (TPSA) is 133 Å². The zero-order valence-electron chi connectivity index (χ0n) is 31.3. The molecule has 0 aliphatic carbocycles. The molecule has 0 saturated heterocycles. The fourth-order valence-electron chi connectivity index (χ4n) is 6.12. The smallest absolute Gasteiger partial charge is 0.0713 e. The third kappa shape index (κ3) is 38.2. The number of nitrogens with two attached hydrogens (primary N) is 2. The van der Waals surface area contributed by atoms with Crippen LogP contribution in [0.25, 0.3) is 0 Å². The van der Waals surface area contributed by atoms with Crippen LogP contribution < -0.4 is 11.5 Å².